The molecule has 0 unspecified atom stereocenters. The lowest BCUT2D eigenvalue weighted by Crippen LogP contribution is -2.61. The molecule has 0 saturated carbocycles. The third-order valence-electron chi connectivity index (χ3n) is 5.97. The molecule has 4 rings (SSSR count). The second-order valence-corrected chi connectivity index (χ2v) is 8.16. The molecule has 0 aliphatic carbocycles. The van der Waals surface area contributed by atoms with E-state index in [4.69, 9.17) is 14.6 Å². The Hall–Kier alpha value is -3.05. The van der Waals surface area contributed by atoms with Crippen LogP contribution in [0.3, 0.4) is 0 Å². The summed E-state index contributed by atoms with van der Waals surface area (Å²) >= 11 is 0. The number of aromatic nitrogens is 1. The topological polar surface area (TPSA) is 83.0 Å². The molecule has 1 aromatic carbocycles. The lowest BCUT2D eigenvalue weighted by molar-refractivity contribution is -0.192. The van der Waals surface area contributed by atoms with Crippen LogP contribution in [-0.2, 0) is 16.1 Å². The van der Waals surface area contributed by atoms with E-state index in [0.29, 0.717) is 31.9 Å². The zero-order valence-corrected chi connectivity index (χ0v) is 18.3. The number of carbonyl (C=O) groups is 2. The number of carboxylic acid groups (broad SMARTS) is 1. The molecule has 184 valence electrons. The van der Waals surface area contributed by atoms with Crippen molar-refractivity contribution < 1.29 is 37.0 Å². The van der Waals surface area contributed by atoms with Gasteiger partial charge in [-0.15, -0.1) is 0 Å². The molecule has 7 nitrogen and oxygen atoms in total. The molecule has 11 heteroatoms. The van der Waals surface area contributed by atoms with Gasteiger partial charge < -0.3 is 14.7 Å². The molecule has 34 heavy (non-hydrogen) atoms. The van der Waals surface area contributed by atoms with Crippen LogP contribution in [0.5, 0.6) is 0 Å². The first kappa shape index (κ1) is 25.6. The summed E-state index contributed by atoms with van der Waals surface area (Å²) in [5, 5.41) is 7.12. The number of piperidine rings is 1. The summed E-state index contributed by atoms with van der Waals surface area (Å²) in [6.45, 7) is 4.44. The average Bonchev–Trinajstić information content (AvgIpc) is 2.82. The molecular formula is C23H25F4N3O4. The minimum atomic E-state index is -5.08. The Bertz CT molecular complexity index is 962. The first-order valence-corrected chi connectivity index (χ1v) is 10.7. The lowest BCUT2D eigenvalue weighted by atomic mass is 9.84. The highest BCUT2D eigenvalue weighted by Crippen LogP contribution is 2.33. The Kier molecular flexibility index (Phi) is 8.21. The quantitative estimate of drug-likeness (QED) is 0.675. The van der Waals surface area contributed by atoms with Crippen LogP contribution in [0.15, 0.2) is 48.8 Å². The van der Waals surface area contributed by atoms with E-state index in [2.05, 4.69) is 9.88 Å². The molecular weight excluding hydrogens is 458 g/mol. The van der Waals surface area contributed by atoms with Gasteiger partial charge in [-0.2, -0.15) is 13.2 Å². The van der Waals surface area contributed by atoms with Gasteiger partial charge in [0, 0.05) is 44.1 Å². The van der Waals surface area contributed by atoms with E-state index in [9.17, 15) is 22.4 Å². The van der Waals surface area contributed by atoms with Crippen molar-refractivity contribution in [1.29, 1.82) is 0 Å². The fourth-order valence-electron chi connectivity index (χ4n) is 4.08. The second-order valence-electron chi connectivity index (χ2n) is 8.16. The van der Waals surface area contributed by atoms with Crippen molar-refractivity contribution in [2.45, 2.75) is 31.1 Å². The molecule has 1 aromatic heterocycles. The number of morpholine rings is 1. The van der Waals surface area contributed by atoms with Crippen LogP contribution in [0, 0.1) is 5.82 Å². The molecule has 1 spiro atoms. The SMILES string of the molecule is O=C(O)C(F)(F)F.O=C(c1cccnc1)N1CCC2(CC1)COCCN2Cc1ccc(F)cc1. The van der Waals surface area contributed by atoms with Gasteiger partial charge >= 0.3 is 12.1 Å². The van der Waals surface area contributed by atoms with Crippen LogP contribution in [0.4, 0.5) is 17.6 Å². The highest BCUT2D eigenvalue weighted by molar-refractivity contribution is 5.93. The zero-order valence-electron chi connectivity index (χ0n) is 18.3. The second kappa shape index (κ2) is 10.9. The highest BCUT2D eigenvalue weighted by atomic mass is 19.4. The summed E-state index contributed by atoms with van der Waals surface area (Å²) in [5.41, 5.74) is 1.68. The fraction of sp³-hybridized carbons (Fsp3) is 0.435. The van der Waals surface area contributed by atoms with Gasteiger partial charge in [0.25, 0.3) is 5.91 Å². The van der Waals surface area contributed by atoms with Crippen LogP contribution in [0.2, 0.25) is 0 Å². The number of benzene rings is 1. The lowest BCUT2D eigenvalue weighted by Gasteiger charge is -2.51. The van der Waals surface area contributed by atoms with Crippen molar-refractivity contribution in [3.63, 3.8) is 0 Å². The molecule has 0 atom stereocenters. The van der Waals surface area contributed by atoms with E-state index in [1.54, 1.807) is 18.5 Å². The largest absolute Gasteiger partial charge is 0.490 e. The molecule has 0 bridgehead atoms. The normalized spacial score (nSPS) is 18.2. The average molecular weight is 483 g/mol. The Balaban J connectivity index is 0.000000406. The maximum Gasteiger partial charge on any atom is 0.490 e. The number of rotatable bonds is 3. The molecule has 2 saturated heterocycles. The molecule has 3 heterocycles. The molecule has 0 radical (unpaired) electrons. The number of likely N-dealkylation sites (tertiary alicyclic amines) is 1. The molecule has 2 aromatic rings. The first-order valence-electron chi connectivity index (χ1n) is 10.7. The molecule has 1 amide bonds. The van der Waals surface area contributed by atoms with E-state index in [1.807, 2.05) is 23.1 Å². The Labute approximate surface area is 193 Å². The Morgan fingerprint density at radius 2 is 1.74 bits per heavy atom. The number of carboxylic acids is 1. The molecule has 2 aliphatic rings. The minimum absolute atomic E-state index is 0.0414. The summed E-state index contributed by atoms with van der Waals surface area (Å²) in [4.78, 5) is 30.0. The van der Waals surface area contributed by atoms with Crippen molar-refractivity contribution >= 4 is 11.9 Å². The van der Waals surface area contributed by atoms with Crippen LogP contribution < -0.4 is 0 Å². The summed E-state index contributed by atoms with van der Waals surface area (Å²) in [6, 6.07) is 10.3. The number of amides is 1. The van der Waals surface area contributed by atoms with Crippen molar-refractivity contribution in [2.75, 3.05) is 32.8 Å². The van der Waals surface area contributed by atoms with Gasteiger partial charge in [-0.05, 0) is 42.7 Å². The Morgan fingerprint density at radius 3 is 2.29 bits per heavy atom. The van der Waals surface area contributed by atoms with E-state index in [-0.39, 0.29) is 17.3 Å². The number of hydrogen-bond acceptors (Lipinski definition) is 5. The van der Waals surface area contributed by atoms with Crippen LogP contribution in [0.1, 0.15) is 28.8 Å². The summed E-state index contributed by atoms with van der Waals surface area (Å²) < 4.78 is 50.7. The molecule has 1 N–H and O–H groups in total. The van der Waals surface area contributed by atoms with E-state index in [0.717, 1.165) is 31.5 Å². The number of halogens is 4. The fourth-order valence-corrected chi connectivity index (χ4v) is 4.08. The minimum Gasteiger partial charge on any atom is -0.475 e. The smallest absolute Gasteiger partial charge is 0.475 e. The van der Waals surface area contributed by atoms with Gasteiger partial charge in [-0.1, -0.05) is 12.1 Å². The summed E-state index contributed by atoms with van der Waals surface area (Å²) in [5.74, 6) is -2.93. The molecule has 2 fully saturated rings. The third kappa shape index (κ3) is 6.51. The van der Waals surface area contributed by atoms with Crippen LogP contribution in [0.25, 0.3) is 0 Å². The van der Waals surface area contributed by atoms with E-state index >= 15 is 0 Å². The van der Waals surface area contributed by atoms with Crippen molar-refractivity contribution in [3.05, 3.63) is 65.7 Å². The predicted octanol–water partition coefficient (Wildman–Crippen LogP) is 3.36. The predicted molar refractivity (Wildman–Crippen MR) is 113 cm³/mol. The monoisotopic (exact) mass is 483 g/mol. The van der Waals surface area contributed by atoms with Crippen molar-refractivity contribution in [3.8, 4) is 0 Å². The van der Waals surface area contributed by atoms with Gasteiger partial charge in [-0.3, -0.25) is 14.7 Å². The first-order chi connectivity index (χ1) is 16.1. The highest BCUT2D eigenvalue weighted by Gasteiger charge is 2.43. The number of hydrogen-bond donors (Lipinski definition) is 1. The number of nitrogens with zero attached hydrogens (tertiary/aromatic N) is 3. The summed E-state index contributed by atoms with van der Waals surface area (Å²) in [7, 11) is 0. The number of alkyl halides is 3. The molecule has 2 aliphatic heterocycles. The maximum atomic E-state index is 13.2. The summed E-state index contributed by atoms with van der Waals surface area (Å²) in [6.07, 6.45) is -0.0354. The number of pyridine rings is 1. The number of carbonyl (C=O) groups excluding carboxylic acids is 1. The number of ether oxygens (including phenoxy) is 1. The van der Waals surface area contributed by atoms with Crippen molar-refractivity contribution in [1.82, 2.24) is 14.8 Å². The third-order valence-corrected chi connectivity index (χ3v) is 5.97. The van der Waals surface area contributed by atoms with Crippen molar-refractivity contribution in [2.24, 2.45) is 0 Å². The van der Waals surface area contributed by atoms with Gasteiger partial charge in [0.1, 0.15) is 5.82 Å². The van der Waals surface area contributed by atoms with Gasteiger partial charge in [0.2, 0.25) is 0 Å². The standard InChI is InChI=1S/C21H24FN3O2.C2HF3O2/c22-19-5-3-17(4-6-19)15-25-12-13-27-16-21(25)7-10-24(11-8-21)20(26)18-2-1-9-23-14-18;3-2(4,5)1(6)7/h1-6,9,14H,7-8,10-13,15-16H2;(H,6,7). The van der Waals surface area contributed by atoms with E-state index in [1.165, 1.54) is 12.1 Å². The van der Waals surface area contributed by atoms with Gasteiger partial charge in [-0.25, -0.2) is 9.18 Å². The van der Waals surface area contributed by atoms with Gasteiger partial charge in [0.05, 0.1) is 18.8 Å². The van der Waals surface area contributed by atoms with Crippen LogP contribution in [-0.4, -0.2) is 76.3 Å². The Morgan fingerprint density at radius 1 is 1.09 bits per heavy atom. The van der Waals surface area contributed by atoms with Gasteiger partial charge in [0.15, 0.2) is 0 Å². The number of aliphatic carboxylic acids is 1. The van der Waals surface area contributed by atoms with E-state index < -0.39 is 12.1 Å². The maximum absolute atomic E-state index is 13.2. The van der Waals surface area contributed by atoms with Crippen LogP contribution >= 0.6 is 0 Å². The zero-order chi connectivity index (χ0) is 24.8.